The number of sulfonamides is 1. The van der Waals surface area contributed by atoms with Crippen molar-refractivity contribution in [3.05, 3.63) is 53.6 Å². The van der Waals surface area contributed by atoms with Crippen LogP contribution >= 0.6 is 0 Å². The highest BCUT2D eigenvalue weighted by Crippen LogP contribution is 2.34. The largest absolute Gasteiger partial charge is 0.497 e. The lowest BCUT2D eigenvalue weighted by molar-refractivity contribution is 0.307. The van der Waals surface area contributed by atoms with Crippen LogP contribution in [0.3, 0.4) is 0 Å². The number of benzene rings is 2. The highest BCUT2D eigenvalue weighted by Gasteiger charge is 2.38. The van der Waals surface area contributed by atoms with Gasteiger partial charge >= 0.3 is 0 Å². The Balaban J connectivity index is 2.08. The fraction of sp³-hybridized carbons (Fsp3) is 0.350. The predicted octanol–water partition coefficient (Wildman–Crippen LogP) is 2.73. The predicted molar refractivity (Wildman–Crippen MR) is 104 cm³/mol. The minimum absolute atomic E-state index is 0.0252. The Kier molecular flexibility index (Phi) is 6.43. The van der Waals surface area contributed by atoms with Crippen LogP contribution in [0.4, 0.5) is 8.78 Å². The average molecular weight is 437 g/mol. The van der Waals surface area contributed by atoms with E-state index < -0.39 is 27.7 Å². The molecule has 1 atom stereocenters. The summed E-state index contributed by atoms with van der Waals surface area (Å²) in [6.07, 6.45) is 2.40. The molecule has 1 fully saturated rings. The minimum Gasteiger partial charge on any atom is -0.497 e. The van der Waals surface area contributed by atoms with Crippen LogP contribution in [0.2, 0.25) is 0 Å². The van der Waals surface area contributed by atoms with Crippen molar-refractivity contribution in [3.63, 3.8) is 0 Å². The normalized spacial score (nSPS) is 16.5. The lowest BCUT2D eigenvalue weighted by Gasteiger charge is -2.28. The highest BCUT2D eigenvalue weighted by atomic mass is 32.2. The average Bonchev–Trinajstić information content (AvgIpc) is 3.21. The van der Waals surface area contributed by atoms with Crippen LogP contribution in [-0.4, -0.2) is 51.0 Å². The lowest BCUT2D eigenvalue weighted by atomic mass is 10.2. The molecule has 0 aromatic heterocycles. The molecule has 2 aromatic carbocycles. The van der Waals surface area contributed by atoms with Gasteiger partial charge in [0.25, 0.3) is 0 Å². The lowest BCUT2D eigenvalue weighted by Crippen LogP contribution is -2.41. The first kappa shape index (κ1) is 21.8. The number of hydrogen-bond donors (Lipinski definition) is 0. The summed E-state index contributed by atoms with van der Waals surface area (Å²) >= 11 is 0. The molecule has 2 aromatic rings. The SMILES string of the molecule is COc1ccc(OC)c(S(=O)(=O)N(Cc2ccc(F)cc2F)C2CCN(C#N)C2)c1. The van der Waals surface area contributed by atoms with Crippen molar-refractivity contribution >= 4 is 10.0 Å². The van der Waals surface area contributed by atoms with Gasteiger partial charge in [-0.25, -0.2) is 17.2 Å². The second kappa shape index (κ2) is 8.85. The smallest absolute Gasteiger partial charge is 0.247 e. The van der Waals surface area contributed by atoms with E-state index in [0.717, 1.165) is 10.4 Å². The van der Waals surface area contributed by atoms with Crippen molar-refractivity contribution in [2.75, 3.05) is 27.3 Å². The van der Waals surface area contributed by atoms with Gasteiger partial charge in [-0.3, -0.25) is 0 Å². The molecule has 0 aliphatic carbocycles. The zero-order valence-corrected chi connectivity index (χ0v) is 17.3. The molecule has 1 aliphatic heterocycles. The Bertz CT molecular complexity index is 1070. The first-order valence-electron chi connectivity index (χ1n) is 9.12. The molecule has 0 bridgehead atoms. The summed E-state index contributed by atoms with van der Waals surface area (Å²) in [6, 6.07) is 6.79. The molecule has 3 rings (SSSR count). The molecule has 7 nitrogen and oxygen atoms in total. The molecule has 0 N–H and O–H groups in total. The molecule has 0 spiro atoms. The van der Waals surface area contributed by atoms with Gasteiger partial charge < -0.3 is 14.4 Å². The fourth-order valence-electron chi connectivity index (χ4n) is 3.41. The third-order valence-electron chi connectivity index (χ3n) is 5.01. The number of hydrogen-bond acceptors (Lipinski definition) is 6. The number of rotatable bonds is 7. The van der Waals surface area contributed by atoms with Crippen LogP contribution in [0, 0.1) is 23.1 Å². The van der Waals surface area contributed by atoms with Gasteiger partial charge in [-0.15, -0.1) is 0 Å². The summed E-state index contributed by atoms with van der Waals surface area (Å²) in [5.41, 5.74) is 0.0252. The second-order valence-corrected chi connectivity index (χ2v) is 8.65. The summed E-state index contributed by atoms with van der Waals surface area (Å²) in [5.74, 6) is -1.18. The first-order valence-corrected chi connectivity index (χ1v) is 10.6. The van der Waals surface area contributed by atoms with E-state index in [1.165, 1.54) is 37.3 Å². The standard InChI is InChI=1S/C20H21F2N3O4S/c1-28-17-5-6-19(29-2)20(10-17)30(26,27)25(16-7-8-24(12-16)13-23)11-14-3-4-15(21)9-18(14)22/h3-6,9-10,16H,7-8,11-12H2,1-2H3. The maximum absolute atomic E-state index is 14.3. The Morgan fingerprint density at radius 1 is 1.20 bits per heavy atom. The number of ether oxygens (including phenoxy) is 2. The van der Waals surface area contributed by atoms with Gasteiger partial charge in [0.2, 0.25) is 10.0 Å². The van der Waals surface area contributed by atoms with Crippen LogP contribution in [-0.2, 0) is 16.6 Å². The molecule has 0 radical (unpaired) electrons. The van der Waals surface area contributed by atoms with E-state index in [9.17, 15) is 22.5 Å². The van der Waals surface area contributed by atoms with E-state index in [0.29, 0.717) is 24.8 Å². The van der Waals surface area contributed by atoms with E-state index in [4.69, 9.17) is 9.47 Å². The van der Waals surface area contributed by atoms with Crippen molar-refractivity contribution in [2.45, 2.75) is 23.9 Å². The van der Waals surface area contributed by atoms with Gasteiger partial charge in [0.1, 0.15) is 28.0 Å². The third-order valence-corrected chi connectivity index (χ3v) is 6.93. The van der Waals surface area contributed by atoms with Crippen molar-refractivity contribution in [1.82, 2.24) is 9.21 Å². The monoisotopic (exact) mass is 437 g/mol. The number of halogens is 2. The van der Waals surface area contributed by atoms with Gasteiger partial charge in [-0.1, -0.05) is 6.07 Å². The van der Waals surface area contributed by atoms with Gasteiger partial charge in [0.15, 0.2) is 6.19 Å². The summed E-state index contributed by atoms with van der Waals surface area (Å²) in [4.78, 5) is 1.30. The Morgan fingerprint density at radius 3 is 2.57 bits per heavy atom. The topological polar surface area (TPSA) is 82.9 Å². The molecule has 0 amide bonds. The second-order valence-electron chi connectivity index (χ2n) is 6.79. The van der Waals surface area contributed by atoms with E-state index >= 15 is 0 Å². The van der Waals surface area contributed by atoms with Crippen LogP contribution in [0.15, 0.2) is 41.3 Å². The molecule has 30 heavy (non-hydrogen) atoms. The van der Waals surface area contributed by atoms with E-state index in [2.05, 4.69) is 0 Å². The molecule has 1 unspecified atom stereocenters. The zero-order valence-electron chi connectivity index (χ0n) is 16.5. The summed E-state index contributed by atoms with van der Waals surface area (Å²) in [6.45, 7) is 0.234. The summed E-state index contributed by atoms with van der Waals surface area (Å²) in [7, 11) is -1.43. The third kappa shape index (κ3) is 4.32. The molecule has 0 saturated carbocycles. The number of methoxy groups -OCH3 is 2. The molecular weight excluding hydrogens is 416 g/mol. The number of nitriles is 1. The minimum atomic E-state index is -4.18. The van der Waals surface area contributed by atoms with Crippen LogP contribution in [0.1, 0.15) is 12.0 Å². The quantitative estimate of drug-likeness (QED) is 0.620. The maximum Gasteiger partial charge on any atom is 0.247 e. The van der Waals surface area contributed by atoms with Crippen molar-refractivity contribution in [3.8, 4) is 17.7 Å². The highest BCUT2D eigenvalue weighted by molar-refractivity contribution is 7.89. The molecule has 10 heteroatoms. The first-order chi connectivity index (χ1) is 14.3. The van der Waals surface area contributed by atoms with Crippen LogP contribution in [0.5, 0.6) is 11.5 Å². The van der Waals surface area contributed by atoms with E-state index in [1.54, 1.807) is 6.07 Å². The van der Waals surface area contributed by atoms with Crippen LogP contribution < -0.4 is 9.47 Å². The molecule has 1 saturated heterocycles. The number of nitrogens with zero attached hydrogens (tertiary/aromatic N) is 3. The molecule has 1 heterocycles. The van der Waals surface area contributed by atoms with Gasteiger partial charge in [0.05, 0.1) is 14.2 Å². The van der Waals surface area contributed by atoms with Crippen molar-refractivity contribution in [1.29, 1.82) is 5.26 Å². The van der Waals surface area contributed by atoms with Gasteiger partial charge in [0, 0.05) is 43.4 Å². The Morgan fingerprint density at radius 2 is 1.97 bits per heavy atom. The zero-order chi connectivity index (χ0) is 21.9. The van der Waals surface area contributed by atoms with Crippen LogP contribution in [0.25, 0.3) is 0 Å². The maximum atomic E-state index is 14.3. The number of likely N-dealkylation sites (tertiary alicyclic amines) is 1. The van der Waals surface area contributed by atoms with E-state index in [-0.39, 0.29) is 29.3 Å². The Labute approximate surface area is 174 Å². The summed E-state index contributed by atoms with van der Waals surface area (Å²) < 4.78 is 66.4. The molecular formula is C20H21F2N3O4S. The van der Waals surface area contributed by atoms with E-state index in [1.807, 2.05) is 6.19 Å². The molecule has 160 valence electrons. The summed E-state index contributed by atoms with van der Waals surface area (Å²) in [5, 5.41) is 9.17. The van der Waals surface area contributed by atoms with Crippen molar-refractivity contribution in [2.24, 2.45) is 0 Å². The van der Waals surface area contributed by atoms with Crippen molar-refractivity contribution < 1.29 is 26.7 Å². The van der Waals surface area contributed by atoms with Gasteiger partial charge in [-0.05, 0) is 24.6 Å². The molecule has 1 aliphatic rings. The fourth-order valence-corrected chi connectivity index (χ4v) is 5.20. The van der Waals surface area contributed by atoms with Gasteiger partial charge in [-0.2, -0.15) is 9.57 Å². The Hall–Kier alpha value is -2.90.